The van der Waals surface area contributed by atoms with E-state index in [2.05, 4.69) is 0 Å². The Kier molecular flexibility index (Phi) is 3.98. The van der Waals surface area contributed by atoms with Gasteiger partial charge in [0.2, 0.25) is 0 Å². The average molecular weight is 316 g/mol. The maximum atomic E-state index is 13.6. The molecule has 0 bridgehead atoms. The summed E-state index contributed by atoms with van der Waals surface area (Å²) in [7, 11) is 1.53. The lowest BCUT2D eigenvalue weighted by molar-refractivity contribution is -0.0136. The first-order valence-electron chi connectivity index (χ1n) is 6.94. The second kappa shape index (κ2) is 5.62. The van der Waals surface area contributed by atoms with Gasteiger partial charge in [0.25, 0.3) is 11.8 Å². The minimum Gasteiger partial charge on any atom is -0.383 e. The number of amides is 1. The predicted molar refractivity (Wildman–Crippen MR) is 75.9 cm³/mol. The van der Waals surface area contributed by atoms with E-state index in [-0.39, 0.29) is 31.0 Å². The number of ether oxygens (including phenoxy) is 1. The smallest absolute Gasteiger partial charge is 0.262 e. The van der Waals surface area contributed by atoms with Crippen molar-refractivity contribution in [1.82, 2.24) is 9.80 Å². The Balaban J connectivity index is 1.59. The number of alkyl halides is 2. The zero-order valence-corrected chi connectivity index (χ0v) is 12.6. The van der Waals surface area contributed by atoms with E-state index in [1.807, 2.05) is 10.8 Å². The highest BCUT2D eigenvalue weighted by Crippen LogP contribution is 2.35. The Morgan fingerprint density at radius 2 is 2.29 bits per heavy atom. The lowest BCUT2D eigenvalue weighted by Crippen LogP contribution is -2.62. The molecule has 1 aromatic rings. The van der Waals surface area contributed by atoms with E-state index in [0.717, 1.165) is 0 Å². The van der Waals surface area contributed by atoms with Gasteiger partial charge in [-0.2, -0.15) is 11.3 Å². The van der Waals surface area contributed by atoms with Crippen LogP contribution in [0.2, 0.25) is 0 Å². The number of halogens is 2. The summed E-state index contributed by atoms with van der Waals surface area (Å²) in [5, 5.41) is 3.67. The normalized spacial score (nSPS) is 26.0. The number of rotatable bonds is 4. The van der Waals surface area contributed by atoms with Crippen molar-refractivity contribution in [1.29, 1.82) is 0 Å². The van der Waals surface area contributed by atoms with Gasteiger partial charge in [0.05, 0.1) is 18.7 Å². The second-order valence-electron chi connectivity index (χ2n) is 5.72. The molecule has 0 aromatic carbocycles. The minimum absolute atomic E-state index is 0.0123. The van der Waals surface area contributed by atoms with Gasteiger partial charge in [-0.05, 0) is 11.4 Å². The van der Waals surface area contributed by atoms with E-state index >= 15 is 0 Å². The minimum atomic E-state index is -2.65. The van der Waals surface area contributed by atoms with Crippen molar-refractivity contribution in [2.24, 2.45) is 0 Å². The lowest BCUT2D eigenvalue weighted by atomic mass is 10.0. The molecule has 0 radical (unpaired) electrons. The molecule has 3 rings (SSSR count). The molecule has 116 valence electrons. The molecule has 0 unspecified atom stereocenters. The number of likely N-dealkylation sites (tertiary alicyclic amines) is 2. The van der Waals surface area contributed by atoms with Crippen molar-refractivity contribution in [2.75, 3.05) is 33.4 Å². The summed E-state index contributed by atoms with van der Waals surface area (Å²) in [6.45, 7) is 1.12. The Labute approximate surface area is 126 Å². The predicted octanol–water partition coefficient (Wildman–Crippen LogP) is 1.93. The van der Waals surface area contributed by atoms with Gasteiger partial charge in [0.15, 0.2) is 0 Å². The monoisotopic (exact) mass is 316 g/mol. The standard InChI is InChI=1S/C14H18F2N2O2S/c1-20-7-11-4-14(15,16)9-18(11)12-5-17(6-12)13(19)10-2-3-21-8-10/h2-3,8,11-12H,4-7,9H2,1H3/t11-/m0/s1. The van der Waals surface area contributed by atoms with Crippen LogP contribution in [0.15, 0.2) is 16.8 Å². The fourth-order valence-corrected chi connectivity index (χ4v) is 3.73. The van der Waals surface area contributed by atoms with Crippen LogP contribution >= 0.6 is 11.3 Å². The molecule has 0 aliphatic carbocycles. The number of carbonyl (C=O) groups excluding carboxylic acids is 1. The van der Waals surface area contributed by atoms with Gasteiger partial charge in [-0.25, -0.2) is 8.78 Å². The highest BCUT2D eigenvalue weighted by molar-refractivity contribution is 7.08. The van der Waals surface area contributed by atoms with Crippen molar-refractivity contribution >= 4 is 17.2 Å². The summed E-state index contributed by atoms with van der Waals surface area (Å²) in [6.07, 6.45) is -0.157. The number of hydrogen-bond donors (Lipinski definition) is 0. The summed E-state index contributed by atoms with van der Waals surface area (Å²) < 4.78 is 32.2. The van der Waals surface area contributed by atoms with Crippen LogP contribution in [0.5, 0.6) is 0 Å². The van der Waals surface area contributed by atoms with Crippen molar-refractivity contribution in [2.45, 2.75) is 24.4 Å². The maximum Gasteiger partial charge on any atom is 0.262 e. The van der Waals surface area contributed by atoms with Crippen LogP contribution in [-0.4, -0.2) is 67.1 Å². The molecule has 2 saturated heterocycles. The van der Waals surface area contributed by atoms with Gasteiger partial charge in [-0.1, -0.05) is 0 Å². The molecule has 7 heteroatoms. The molecule has 1 amide bonds. The van der Waals surface area contributed by atoms with Gasteiger partial charge in [-0.15, -0.1) is 0 Å². The van der Waals surface area contributed by atoms with Gasteiger partial charge >= 0.3 is 0 Å². The van der Waals surface area contributed by atoms with Gasteiger partial charge in [0.1, 0.15) is 0 Å². The van der Waals surface area contributed by atoms with Crippen molar-refractivity contribution in [3.63, 3.8) is 0 Å². The quantitative estimate of drug-likeness (QED) is 0.851. The molecule has 0 N–H and O–H groups in total. The second-order valence-corrected chi connectivity index (χ2v) is 6.50. The first-order valence-corrected chi connectivity index (χ1v) is 7.88. The topological polar surface area (TPSA) is 32.8 Å². The summed E-state index contributed by atoms with van der Waals surface area (Å²) in [5.41, 5.74) is 0.679. The molecule has 1 aromatic heterocycles. The third kappa shape index (κ3) is 2.95. The summed E-state index contributed by atoms with van der Waals surface area (Å²) in [6, 6.07) is 1.55. The molecule has 1 atom stereocenters. The van der Waals surface area contributed by atoms with E-state index in [1.165, 1.54) is 18.4 Å². The van der Waals surface area contributed by atoms with E-state index < -0.39 is 5.92 Å². The van der Waals surface area contributed by atoms with E-state index in [0.29, 0.717) is 25.3 Å². The number of thiophene rings is 1. The highest BCUT2D eigenvalue weighted by atomic mass is 32.1. The van der Waals surface area contributed by atoms with Crippen LogP contribution in [0.3, 0.4) is 0 Å². The SMILES string of the molecule is COC[C@@H]1CC(F)(F)CN1C1CN(C(=O)c2ccsc2)C1. The summed E-state index contributed by atoms with van der Waals surface area (Å²) >= 11 is 1.48. The number of carbonyl (C=O) groups is 1. The Morgan fingerprint density at radius 3 is 2.90 bits per heavy atom. The lowest BCUT2D eigenvalue weighted by Gasteiger charge is -2.45. The summed E-state index contributed by atoms with van der Waals surface area (Å²) in [5.74, 6) is -2.66. The maximum absolute atomic E-state index is 13.6. The fourth-order valence-electron chi connectivity index (χ4n) is 3.10. The largest absolute Gasteiger partial charge is 0.383 e. The molecule has 0 saturated carbocycles. The van der Waals surface area contributed by atoms with Crippen LogP contribution in [0.4, 0.5) is 8.78 Å². The van der Waals surface area contributed by atoms with Crippen LogP contribution in [0.1, 0.15) is 16.8 Å². The van der Waals surface area contributed by atoms with Gasteiger partial charge in [0, 0.05) is 44.1 Å². The molecule has 0 spiro atoms. The Morgan fingerprint density at radius 1 is 1.52 bits per heavy atom. The van der Waals surface area contributed by atoms with Crippen molar-refractivity contribution in [3.05, 3.63) is 22.4 Å². The molecular formula is C14H18F2N2O2S. The first-order chi connectivity index (χ1) is 10.00. The molecule has 21 heavy (non-hydrogen) atoms. The van der Waals surface area contributed by atoms with E-state index in [1.54, 1.807) is 15.9 Å². The number of nitrogens with zero attached hydrogens (tertiary/aromatic N) is 2. The zero-order chi connectivity index (χ0) is 15.0. The van der Waals surface area contributed by atoms with Crippen molar-refractivity contribution < 1.29 is 18.3 Å². The van der Waals surface area contributed by atoms with E-state index in [9.17, 15) is 13.6 Å². The molecular weight excluding hydrogens is 298 g/mol. The first kappa shape index (κ1) is 14.9. The number of methoxy groups -OCH3 is 1. The van der Waals surface area contributed by atoms with Crippen LogP contribution in [-0.2, 0) is 4.74 Å². The highest BCUT2D eigenvalue weighted by Gasteiger charge is 2.50. The van der Waals surface area contributed by atoms with Crippen LogP contribution in [0.25, 0.3) is 0 Å². The fraction of sp³-hybridized carbons (Fsp3) is 0.643. The van der Waals surface area contributed by atoms with Gasteiger partial charge in [-0.3, -0.25) is 9.69 Å². The molecule has 2 aliphatic heterocycles. The Bertz CT molecular complexity index is 503. The molecule has 3 heterocycles. The molecule has 2 fully saturated rings. The Hall–Kier alpha value is -1.05. The van der Waals surface area contributed by atoms with Crippen molar-refractivity contribution in [3.8, 4) is 0 Å². The third-order valence-electron chi connectivity index (χ3n) is 4.16. The third-order valence-corrected chi connectivity index (χ3v) is 4.85. The zero-order valence-electron chi connectivity index (χ0n) is 11.8. The number of hydrogen-bond acceptors (Lipinski definition) is 4. The summed E-state index contributed by atoms with van der Waals surface area (Å²) in [4.78, 5) is 15.6. The molecule has 2 aliphatic rings. The average Bonchev–Trinajstić information content (AvgIpc) is 2.96. The van der Waals surface area contributed by atoms with E-state index in [4.69, 9.17) is 4.74 Å². The van der Waals surface area contributed by atoms with Crippen LogP contribution in [0, 0.1) is 0 Å². The molecule has 4 nitrogen and oxygen atoms in total. The van der Waals surface area contributed by atoms with Crippen LogP contribution < -0.4 is 0 Å². The van der Waals surface area contributed by atoms with Gasteiger partial charge < -0.3 is 9.64 Å².